The van der Waals surface area contributed by atoms with Crippen LogP contribution in [0.1, 0.15) is 39.5 Å². The molecule has 0 bridgehead atoms. The monoisotopic (exact) mass is 280 g/mol. The lowest BCUT2D eigenvalue weighted by Gasteiger charge is -2.56. The van der Waals surface area contributed by atoms with Crippen LogP contribution >= 0.6 is 0 Å². The number of likely N-dealkylation sites (N-methyl/N-ethyl adjacent to an activating group) is 1. The van der Waals surface area contributed by atoms with E-state index in [0.29, 0.717) is 0 Å². The summed E-state index contributed by atoms with van der Waals surface area (Å²) in [5, 5.41) is 0. The van der Waals surface area contributed by atoms with Gasteiger partial charge in [-0.1, -0.05) is 0 Å². The van der Waals surface area contributed by atoms with Gasteiger partial charge in [0, 0.05) is 49.8 Å². The first-order chi connectivity index (χ1) is 9.47. The van der Waals surface area contributed by atoms with E-state index in [2.05, 4.69) is 35.6 Å². The van der Waals surface area contributed by atoms with Crippen molar-refractivity contribution in [1.29, 1.82) is 0 Å². The SMILES string of the molecule is CN1CCN(C2(CN)CCN3CCCC3C2)CC1(C)C. The van der Waals surface area contributed by atoms with E-state index in [-0.39, 0.29) is 11.1 Å². The maximum Gasteiger partial charge on any atom is 0.0360 e. The van der Waals surface area contributed by atoms with Crippen LogP contribution in [0.25, 0.3) is 0 Å². The molecule has 4 heteroatoms. The molecule has 3 aliphatic heterocycles. The van der Waals surface area contributed by atoms with Crippen molar-refractivity contribution >= 4 is 0 Å². The van der Waals surface area contributed by atoms with Gasteiger partial charge in [-0.25, -0.2) is 0 Å². The fraction of sp³-hybridized carbons (Fsp3) is 1.00. The molecule has 4 nitrogen and oxygen atoms in total. The first-order valence-electron chi connectivity index (χ1n) is 8.37. The molecule has 3 saturated heterocycles. The molecule has 2 atom stereocenters. The molecule has 0 radical (unpaired) electrons. The van der Waals surface area contributed by atoms with Crippen molar-refractivity contribution in [2.75, 3.05) is 46.3 Å². The summed E-state index contributed by atoms with van der Waals surface area (Å²) in [6.07, 6.45) is 5.33. The highest BCUT2D eigenvalue weighted by molar-refractivity contribution is 5.05. The van der Waals surface area contributed by atoms with Gasteiger partial charge in [-0.05, 0) is 53.1 Å². The summed E-state index contributed by atoms with van der Waals surface area (Å²) < 4.78 is 0. The summed E-state index contributed by atoms with van der Waals surface area (Å²) in [5.41, 5.74) is 6.84. The quantitative estimate of drug-likeness (QED) is 0.817. The summed E-state index contributed by atoms with van der Waals surface area (Å²) in [7, 11) is 2.26. The lowest BCUT2D eigenvalue weighted by molar-refractivity contribution is -0.0542. The lowest BCUT2D eigenvalue weighted by Crippen LogP contribution is -2.68. The van der Waals surface area contributed by atoms with Gasteiger partial charge < -0.3 is 10.6 Å². The van der Waals surface area contributed by atoms with Gasteiger partial charge in [-0.3, -0.25) is 9.80 Å². The Bertz CT molecular complexity index is 356. The van der Waals surface area contributed by atoms with Gasteiger partial charge in [-0.15, -0.1) is 0 Å². The van der Waals surface area contributed by atoms with E-state index < -0.39 is 0 Å². The molecule has 20 heavy (non-hydrogen) atoms. The summed E-state index contributed by atoms with van der Waals surface area (Å²) in [5.74, 6) is 0. The molecule has 2 N–H and O–H groups in total. The van der Waals surface area contributed by atoms with Gasteiger partial charge in [0.1, 0.15) is 0 Å². The fourth-order valence-corrected chi connectivity index (χ4v) is 4.56. The Labute approximate surface area is 124 Å². The highest BCUT2D eigenvalue weighted by Crippen LogP contribution is 2.38. The number of nitrogens with zero attached hydrogens (tertiary/aromatic N) is 3. The molecule has 3 rings (SSSR count). The minimum atomic E-state index is 0.268. The predicted octanol–water partition coefficient (Wildman–Crippen LogP) is 0.968. The fourth-order valence-electron chi connectivity index (χ4n) is 4.56. The van der Waals surface area contributed by atoms with Crippen molar-refractivity contribution in [1.82, 2.24) is 14.7 Å². The molecule has 0 aromatic heterocycles. The predicted molar refractivity (Wildman–Crippen MR) is 83.9 cm³/mol. The van der Waals surface area contributed by atoms with Crippen LogP contribution in [0.2, 0.25) is 0 Å². The number of fused-ring (bicyclic) bond motifs is 1. The number of rotatable bonds is 2. The zero-order valence-corrected chi connectivity index (χ0v) is 13.6. The van der Waals surface area contributed by atoms with E-state index >= 15 is 0 Å². The third-order valence-corrected chi connectivity index (χ3v) is 6.35. The van der Waals surface area contributed by atoms with Crippen molar-refractivity contribution in [3.8, 4) is 0 Å². The van der Waals surface area contributed by atoms with E-state index in [1.54, 1.807) is 0 Å². The highest BCUT2D eigenvalue weighted by atomic mass is 15.3. The third-order valence-electron chi connectivity index (χ3n) is 6.35. The van der Waals surface area contributed by atoms with Crippen molar-refractivity contribution in [2.24, 2.45) is 5.73 Å². The maximum atomic E-state index is 6.30. The second-order valence-electron chi connectivity index (χ2n) is 7.87. The molecular formula is C16H32N4. The van der Waals surface area contributed by atoms with Gasteiger partial charge in [0.2, 0.25) is 0 Å². The Hall–Kier alpha value is -0.160. The molecule has 3 aliphatic rings. The Kier molecular flexibility index (Phi) is 3.87. The summed E-state index contributed by atoms with van der Waals surface area (Å²) in [4.78, 5) is 7.94. The van der Waals surface area contributed by atoms with Gasteiger partial charge in [0.05, 0.1) is 0 Å². The van der Waals surface area contributed by atoms with E-state index in [1.165, 1.54) is 51.9 Å². The van der Waals surface area contributed by atoms with Crippen LogP contribution in [0.5, 0.6) is 0 Å². The number of nitrogens with two attached hydrogens (primary N) is 1. The Morgan fingerprint density at radius 3 is 2.65 bits per heavy atom. The highest BCUT2D eigenvalue weighted by Gasteiger charge is 2.47. The molecular weight excluding hydrogens is 248 g/mol. The van der Waals surface area contributed by atoms with Crippen molar-refractivity contribution in [3.63, 3.8) is 0 Å². The number of hydrogen-bond acceptors (Lipinski definition) is 4. The first kappa shape index (κ1) is 14.8. The molecule has 116 valence electrons. The first-order valence-corrected chi connectivity index (χ1v) is 8.37. The largest absolute Gasteiger partial charge is 0.329 e. The number of hydrogen-bond donors (Lipinski definition) is 1. The van der Waals surface area contributed by atoms with Crippen molar-refractivity contribution in [3.05, 3.63) is 0 Å². The van der Waals surface area contributed by atoms with E-state index in [1.807, 2.05) is 0 Å². The second-order valence-corrected chi connectivity index (χ2v) is 7.87. The summed E-state index contributed by atoms with van der Waals surface area (Å²) >= 11 is 0. The third kappa shape index (κ3) is 2.41. The Morgan fingerprint density at radius 2 is 1.95 bits per heavy atom. The standard InChI is InChI=1S/C16H32N4/c1-15(2)13-20(10-9-18(15)3)16(12-17)6-8-19-7-4-5-14(19)11-16/h14H,4-13,17H2,1-3H3. The number of piperazine rings is 1. The maximum absolute atomic E-state index is 6.30. The zero-order valence-electron chi connectivity index (χ0n) is 13.6. The van der Waals surface area contributed by atoms with Crippen molar-refractivity contribution < 1.29 is 0 Å². The van der Waals surface area contributed by atoms with E-state index in [0.717, 1.165) is 19.1 Å². The summed E-state index contributed by atoms with van der Waals surface area (Å²) in [6.45, 7) is 11.7. The van der Waals surface area contributed by atoms with Crippen LogP contribution in [0.15, 0.2) is 0 Å². The molecule has 3 heterocycles. The normalized spacial score (nSPS) is 39.9. The molecule has 0 aromatic carbocycles. The molecule has 2 unspecified atom stereocenters. The second kappa shape index (κ2) is 5.24. The summed E-state index contributed by atoms with van der Waals surface area (Å²) in [6, 6.07) is 0.801. The minimum Gasteiger partial charge on any atom is -0.329 e. The average Bonchev–Trinajstić information content (AvgIpc) is 2.88. The van der Waals surface area contributed by atoms with Gasteiger partial charge >= 0.3 is 0 Å². The molecule has 0 amide bonds. The smallest absolute Gasteiger partial charge is 0.0360 e. The van der Waals surface area contributed by atoms with Gasteiger partial charge in [0.25, 0.3) is 0 Å². The molecule has 3 fully saturated rings. The van der Waals surface area contributed by atoms with E-state index in [9.17, 15) is 0 Å². The molecule has 0 spiro atoms. The minimum absolute atomic E-state index is 0.268. The van der Waals surface area contributed by atoms with Crippen LogP contribution in [-0.4, -0.2) is 78.1 Å². The topological polar surface area (TPSA) is 35.7 Å². The zero-order chi connectivity index (χ0) is 14.4. The van der Waals surface area contributed by atoms with Gasteiger partial charge in [0.15, 0.2) is 0 Å². The Balaban J connectivity index is 1.76. The van der Waals surface area contributed by atoms with Crippen LogP contribution in [0, 0.1) is 0 Å². The van der Waals surface area contributed by atoms with E-state index in [4.69, 9.17) is 5.73 Å². The Morgan fingerprint density at radius 1 is 1.15 bits per heavy atom. The molecule has 0 saturated carbocycles. The number of piperidine rings is 1. The molecule has 0 aliphatic carbocycles. The molecule has 0 aromatic rings. The lowest BCUT2D eigenvalue weighted by atomic mass is 9.80. The average molecular weight is 280 g/mol. The van der Waals surface area contributed by atoms with Gasteiger partial charge in [-0.2, -0.15) is 0 Å². The van der Waals surface area contributed by atoms with Crippen LogP contribution < -0.4 is 5.73 Å². The van der Waals surface area contributed by atoms with Crippen molar-refractivity contribution in [2.45, 2.75) is 56.7 Å². The van der Waals surface area contributed by atoms with Crippen LogP contribution in [0.4, 0.5) is 0 Å². The van der Waals surface area contributed by atoms with Crippen LogP contribution in [0.3, 0.4) is 0 Å². The van der Waals surface area contributed by atoms with Crippen LogP contribution in [-0.2, 0) is 0 Å².